The van der Waals surface area contributed by atoms with Gasteiger partial charge in [0.05, 0.1) is 29.7 Å². The molecule has 0 saturated carbocycles. The van der Waals surface area contributed by atoms with Gasteiger partial charge in [0.25, 0.3) is 0 Å². The highest BCUT2D eigenvalue weighted by molar-refractivity contribution is 5.81. The maximum Gasteiger partial charge on any atom is 0.224 e. The van der Waals surface area contributed by atoms with Crippen LogP contribution < -0.4 is 5.32 Å². The highest BCUT2D eigenvalue weighted by Crippen LogP contribution is 2.14. The molecule has 1 aromatic carbocycles. The molecule has 6 heteroatoms. The summed E-state index contributed by atoms with van der Waals surface area (Å²) in [6.45, 7) is 6.54. The van der Waals surface area contributed by atoms with Crippen molar-refractivity contribution in [3.8, 4) is 0 Å². The van der Waals surface area contributed by atoms with Crippen molar-refractivity contribution in [2.75, 3.05) is 0 Å². The Kier molecular flexibility index (Phi) is 4.64. The number of fused-ring (bicyclic) bond motifs is 1. The summed E-state index contributed by atoms with van der Waals surface area (Å²) < 4.78 is 5.25. The molecule has 0 bridgehead atoms. The van der Waals surface area contributed by atoms with Gasteiger partial charge < -0.3 is 14.8 Å². The average molecular weight is 326 g/mol. The van der Waals surface area contributed by atoms with Gasteiger partial charge in [-0.25, -0.2) is 4.98 Å². The van der Waals surface area contributed by atoms with Gasteiger partial charge in [0, 0.05) is 6.07 Å². The molecule has 0 aliphatic heterocycles. The Morgan fingerprint density at radius 1 is 1.33 bits per heavy atom. The van der Waals surface area contributed by atoms with E-state index in [9.17, 15) is 4.79 Å². The molecule has 0 spiro atoms. The maximum atomic E-state index is 12.1. The summed E-state index contributed by atoms with van der Waals surface area (Å²) in [6.07, 6.45) is 1.20. The molecule has 3 rings (SSSR count). The van der Waals surface area contributed by atoms with E-state index >= 15 is 0 Å². The van der Waals surface area contributed by atoms with Crippen molar-refractivity contribution in [3.05, 3.63) is 47.1 Å². The summed E-state index contributed by atoms with van der Waals surface area (Å²) >= 11 is 0. The first-order valence-electron chi connectivity index (χ1n) is 8.16. The van der Waals surface area contributed by atoms with E-state index in [2.05, 4.69) is 34.3 Å². The van der Waals surface area contributed by atoms with E-state index < -0.39 is 0 Å². The predicted octanol–water partition coefficient (Wildman–Crippen LogP) is 2.92. The summed E-state index contributed by atoms with van der Waals surface area (Å²) in [4.78, 5) is 19.7. The molecule has 0 radical (unpaired) electrons. The largest absolute Gasteiger partial charge is 0.359 e. The Morgan fingerprint density at radius 2 is 2.17 bits per heavy atom. The molecule has 2 aromatic heterocycles. The zero-order valence-electron chi connectivity index (χ0n) is 14.2. The topological polar surface area (TPSA) is 83.8 Å². The van der Waals surface area contributed by atoms with Crippen molar-refractivity contribution >= 4 is 16.9 Å². The normalized spacial score (nSPS) is 11.3. The van der Waals surface area contributed by atoms with Gasteiger partial charge in [-0.2, -0.15) is 0 Å². The third kappa shape index (κ3) is 4.01. The minimum Gasteiger partial charge on any atom is -0.359 e. The molecular formula is C18H22N4O2. The SMILES string of the molecule is Cc1nc2ccc(CC(=O)NCc3cc(CC(C)C)no3)cc2[nH]1. The number of hydrogen-bond donors (Lipinski definition) is 2. The Bertz CT molecular complexity index is 848. The number of nitrogens with one attached hydrogen (secondary N) is 2. The van der Waals surface area contributed by atoms with Gasteiger partial charge in [0.2, 0.25) is 5.91 Å². The molecule has 0 fully saturated rings. The Labute approximate surface area is 140 Å². The second-order valence-electron chi connectivity index (χ2n) is 6.51. The lowest BCUT2D eigenvalue weighted by molar-refractivity contribution is -0.120. The minimum absolute atomic E-state index is 0.0487. The van der Waals surface area contributed by atoms with Crippen molar-refractivity contribution in [1.29, 1.82) is 0 Å². The van der Waals surface area contributed by atoms with Gasteiger partial charge in [-0.1, -0.05) is 25.1 Å². The molecule has 24 heavy (non-hydrogen) atoms. The Morgan fingerprint density at radius 3 is 2.96 bits per heavy atom. The zero-order valence-corrected chi connectivity index (χ0v) is 14.2. The number of carbonyl (C=O) groups excluding carboxylic acids is 1. The fourth-order valence-electron chi connectivity index (χ4n) is 2.68. The molecule has 0 saturated heterocycles. The zero-order chi connectivity index (χ0) is 17.1. The molecule has 0 aliphatic rings. The number of amides is 1. The second kappa shape index (κ2) is 6.86. The first-order valence-corrected chi connectivity index (χ1v) is 8.16. The van der Waals surface area contributed by atoms with Crippen LogP contribution in [0.4, 0.5) is 0 Å². The first-order chi connectivity index (χ1) is 11.5. The van der Waals surface area contributed by atoms with Crippen molar-refractivity contribution in [2.24, 2.45) is 5.92 Å². The summed E-state index contributed by atoms with van der Waals surface area (Å²) in [5.41, 5.74) is 3.73. The van der Waals surface area contributed by atoms with Gasteiger partial charge in [-0.05, 0) is 37.0 Å². The van der Waals surface area contributed by atoms with E-state index in [4.69, 9.17) is 4.52 Å². The van der Waals surface area contributed by atoms with Crippen LogP contribution in [-0.2, 0) is 24.2 Å². The lowest BCUT2D eigenvalue weighted by atomic mass is 10.1. The van der Waals surface area contributed by atoms with Crippen LogP contribution in [0.15, 0.2) is 28.8 Å². The van der Waals surface area contributed by atoms with E-state index in [1.807, 2.05) is 31.2 Å². The minimum atomic E-state index is -0.0487. The van der Waals surface area contributed by atoms with Crippen LogP contribution in [0.1, 0.15) is 36.7 Å². The number of H-pyrrole nitrogens is 1. The van der Waals surface area contributed by atoms with Crippen LogP contribution in [0.5, 0.6) is 0 Å². The standard InChI is InChI=1S/C18H22N4O2/c1-11(2)6-14-9-15(24-22-14)10-19-18(23)8-13-4-5-16-17(7-13)21-12(3)20-16/h4-5,7,9,11H,6,8,10H2,1-3H3,(H,19,23)(H,20,21). The van der Waals surface area contributed by atoms with Gasteiger partial charge in [-0.3, -0.25) is 4.79 Å². The molecule has 0 aliphatic carbocycles. The third-order valence-electron chi connectivity index (χ3n) is 3.71. The summed E-state index contributed by atoms with van der Waals surface area (Å²) in [6, 6.07) is 7.72. The number of benzene rings is 1. The number of aromatic amines is 1. The number of imidazole rings is 1. The first kappa shape index (κ1) is 16.2. The summed E-state index contributed by atoms with van der Waals surface area (Å²) in [7, 11) is 0. The van der Waals surface area contributed by atoms with Crippen LogP contribution in [0.2, 0.25) is 0 Å². The lowest BCUT2D eigenvalue weighted by Crippen LogP contribution is -2.24. The highest BCUT2D eigenvalue weighted by Gasteiger charge is 2.09. The molecule has 126 valence electrons. The van der Waals surface area contributed by atoms with Crippen LogP contribution in [-0.4, -0.2) is 21.0 Å². The van der Waals surface area contributed by atoms with Crippen molar-refractivity contribution in [3.63, 3.8) is 0 Å². The Hall–Kier alpha value is -2.63. The summed E-state index contributed by atoms with van der Waals surface area (Å²) in [5.74, 6) is 2.03. The molecule has 1 amide bonds. The number of hydrogen-bond acceptors (Lipinski definition) is 4. The molecule has 2 heterocycles. The number of aromatic nitrogens is 3. The van der Waals surface area contributed by atoms with Gasteiger partial charge in [0.1, 0.15) is 5.82 Å². The second-order valence-corrected chi connectivity index (χ2v) is 6.51. The van der Waals surface area contributed by atoms with E-state index in [0.717, 1.165) is 34.5 Å². The highest BCUT2D eigenvalue weighted by atomic mass is 16.5. The van der Waals surface area contributed by atoms with Crippen molar-refractivity contribution in [1.82, 2.24) is 20.4 Å². The van der Waals surface area contributed by atoms with Gasteiger partial charge in [-0.15, -0.1) is 0 Å². The monoisotopic (exact) mass is 326 g/mol. The number of carbonyl (C=O) groups is 1. The molecule has 0 atom stereocenters. The van der Waals surface area contributed by atoms with Crippen LogP contribution in [0, 0.1) is 12.8 Å². The average Bonchev–Trinajstić information content (AvgIpc) is 3.09. The van der Waals surface area contributed by atoms with E-state index in [1.165, 1.54) is 0 Å². The smallest absolute Gasteiger partial charge is 0.224 e. The lowest BCUT2D eigenvalue weighted by Gasteiger charge is -2.03. The van der Waals surface area contributed by atoms with Crippen LogP contribution >= 0.6 is 0 Å². The molecule has 3 aromatic rings. The fraction of sp³-hybridized carbons (Fsp3) is 0.389. The third-order valence-corrected chi connectivity index (χ3v) is 3.71. The number of rotatable bonds is 6. The molecule has 6 nitrogen and oxygen atoms in total. The van der Waals surface area contributed by atoms with Crippen molar-refractivity contribution < 1.29 is 9.32 Å². The van der Waals surface area contributed by atoms with E-state index in [-0.39, 0.29) is 5.91 Å². The fourth-order valence-corrected chi connectivity index (χ4v) is 2.68. The Balaban J connectivity index is 1.55. The molecular weight excluding hydrogens is 304 g/mol. The number of aryl methyl sites for hydroxylation is 1. The maximum absolute atomic E-state index is 12.1. The predicted molar refractivity (Wildman–Crippen MR) is 91.4 cm³/mol. The van der Waals surface area contributed by atoms with Crippen LogP contribution in [0.25, 0.3) is 11.0 Å². The number of nitrogens with zero attached hydrogens (tertiary/aromatic N) is 2. The van der Waals surface area contributed by atoms with Gasteiger partial charge >= 0.3 is 0 Å². The van der Waals surface area contributed by atoms with E-state index in [0.29, 0.717) is 24.6 Å². The van der Waals surface area contributed by atoms with Crippen molar-refractivity contribution in [2.45, 2.75) is 40.2 Å². The molecule has 2 N–H and O–H groups in total. The quantitative estimate of drug-likeness (QED) is 0.729. The van der Waals surface area contributed by atoms with Crippen LogP contribution in [0.3, 0.4) is 0 Å². The molecule has 0 unspecified atom stereocenters. The van der Waals surface area contributed by atoms with E-state index in [1.54, 1.807) is 0 Å². The summed E-state index contributed by atoms with van der Waals surface area (Å²) in [5, 5.41) is 6.89. The van der Waals surface area contributed by atoms with Gasteiger partial charge in [0.15, 0.2) is 5.76 Å².